The van der Waals surface area contributed by atoms with Gasteiger partial charge >= 0.3 is 5.97 Å². The molecule has 19 heavy (non-hydrogen) atoms. The van der Waals surface area contributed by atoms with Crippen molar-refractivity contribution in [2.24, 2.45) is 0 Å². The first kappa shape index (κ1) is 14.1. The number of hydrogen-bond donors (Lipinski definition) is 0. The van der Waals surface area contributed by atoms with Crippen molar-refractivity contribution in [1.82, 2.24) is 9.97 Å². The van der Waals surface area contributed by atoms with Crippen LogP contribution in [0.25, 0.3) is 0 Å². The van der Waals surface area contributed by atoms with Crippen LogP contribution in [0.5, 0.6) is 5.75 Å². The molecule has 0 saturated carbocycles. The summed E-state index contributed by atoms with van der Waals surface area (Å²) in [6.07, 6.45) is 3.18. The number of thioether (sulfide) groups is 1. The third-order valence-corrected chi connectivity index (χ3v) is 3.21. The smallest absolute Gasteiger partial charge is 0.364 e. The SMILES string of the molecule is CSc1ncc(Cl)c(C(=O)Oc2ccc(Cl)cc2)n1. The van der Waals surface area contributed by atoms with Gasteiger partial charge in [-0.25, -0.2) is 14.8 Å². The predicted octanol–water partition coefficient (Wildman–Crippen LogP) is 3.72. The number of esters is 1. The molecule has 0 N–H and O–H groups in total. The average Bonchev–Trinajstić information content (AvgIpc) is 2.42. The van der Waals surface area contributed by atoms with Gasteiger partial charge in [-0.15, -0.1) is 0 Å². The van der Waals surface area contributed by atoms with E-state index >= 15 is 0 Å². The number of carbonyl (C=O) groups excluding carboxylic acids is 1. The molecule has 7 heteroatoms. The minimum Gasteiger partial charge on any atom is -0.422 e. The molecule has 98 valence electrons. The molecule has 1 heterocycles. The van der Waals surface area contributed by atoms with Crippen LogP contribution in [0.2, 0.25) is 10.0 Å². The minimum atomic E-state index is -0.634. The molecule has 1 aromatic heterocycles. The van der Waals surface area contributed by atoms with Gasteiger partial charge in [-0.3, -0.25) is 0 Å². The topological polar surface area (TPSA) is 52.1 Å². The summed E-state index contributed by atoms with van der Waals surface area (Å²) in [6.45, 7) is 0. The van der Waals surface area contributed by atoms with Crippen molar-refractivity contribution in [1.29, 1.82) is 0 Å². The zero-order valence-electron chi connectivity index (χ0n) is 9.76. The fraction of sp³-hybridized carbons (Fsp3) is 0.0833. The van der Waals surface area contributed by atoms with E-state index in [1.807, 2.05) is 0 Å². The van der Waals surface area contributed by atoms with E-state index in [1.165, 1.54) is 18.0 Å². The normalized spacial score (nSPS) is 10.3. The van der Waals surface area contributed by atoms with Gasteiger partial charge in [-0.05, 0) is 30.5 Å². The van der Waals surface area contributed by atoms with Crippen molar-refractivity contribution in [2.75, 3.05) is 6.26 Å². The molecular formula is C12H8Cl2N2O2S. The van der Waals surface area contributed by atoms with Crippen molar-refractivity contribution in [3.05, 3.63) is 46.2 Å². The first-order valence-electron chi connectivity index (χ1n) is 5.14. The lowest BCUT2D eigenvalue weighted by Crippen LogP contribution is -2.12. The Morgan fingerprint density at radius 3 is 2.58 bits per heavy atom. The number of halogens is 2. The molecule has 1 aromatic carbocycles. The number of carbonyl (C=O) groups is 1. The van der Waals surface area contributed by atoms with E-state index in [9.17, 15) is 4.79 Å². The molecule has 0 atom stereocenters. The number of aromatic nitrogens is 2. The zero-order chi connectivity index (χ0) is 13.8. The monoisotopic (exact) mass is 314 g/mol. The molecular weight excluding hydrogens is 307 g/mol. The van der Waals surface area contributed by atoms with E-state index in [0.717, 1.165) is 0 Å². The Labute approximate surface area is 124 Å². The fourth-order valence-corrected chi connectivity index (χ4v) is 1.89. The first-order chi connectivity index (χ1) is 9.10. The summed E-state index contributed by atoms with van der Waals surface area (Å²) in [5.41, 5.74) is 0.0379. The second kappa shape index (κ2) is 6.23. The van der Waals surface area contributed by atoms with E-state index in [2.05, 4.69) is 9.97 Å². The van der Waals surface area contributed by atoms with Gasteiger partial charge in [-0.1, -0.05) is 35.0 Å². The van der Waals surface area contributed by atoms with Crippen molar-refractivity contribution in [3.63, 3.8) is 0 Å². The maximum Gasteiger partial charge on any atom is 0.364 e. The van der Waals surface area contributed by atoms with Crippen molar-refractivity contribution in [3.8, 4) is 5.75 Å². The van der Waals surface area contributed by atoms with Gasteiger partial charge in [0, 0.05) is 5.02 Å². The van der Waals surface area contributed by atoms with Crippen LogP contribution in [-0.4, -0.2) is 22.2 Å². The Hall–Kier alpha value is -1.30. The standard InChI is InChI=1S/C12H8Cl2N2O2S/c1-19-12-15-6-9(14)10(16-12)11(17)18-8-4-2-7(13)3-5-8/h2-6H,1H3. The van der Waals surface area contributed by atoms with Crippen molar-refractivity contribution < 1.29 is 9.53 Å². The molecule has 0 bridgehead atoms. The van der Waals surface area contributed by atoms with Crippen LogP contribution in [0.1, 0.15) is 10.5 Å². The second-order valence-electron chi connectivity index (χ2n) is 3.40. The van der Waals surface area contributed by atoms with E-state index < -0.39 is 5.97 Å². The summed E-state index contributed by atoms with van der Waals surface area (Å²) in [4.78, 5) is 19.9. The maximum atomic E-state index is 11.9. The fourth-order valence-electron chi connectivity index (χ4n) is 1.25. The van der Waals surface area contributed by atoms with Crippen LogP contribution in [0.4, 0.5) is 0 Å². The van der Waals surface area contributed by atoms with Gasteiger partial charge in [0.15, 0.2) is 10.9 Å². The molecule has 0 unspecified atom stereocenters. The number of hydrogen-bond acceptors (Lipinski definition) is 5. The van der Waals surface area contributed by atoms with Gasteiger partial charge in [0.25, 0.3) is 0 Å². The molecule has 0 fully saturated rings. The summed E-state index contributed by atoms with van der Waals surface area (Å²) in [5, 5.41) is 1.16. The molecule has 0 amide bonds. The third-order valence-electron chi connectivity index (χ3n) is 2.12. The van der Waals surface area contributed by atoms with Crippen molar-refractivity contribution in [2.45, 2.75) is 5.16 Å². The van der Waals surface area contributed by atoms with E-state index in [-0.39, 0.29) is 10.7 Å². The van der Waals surface area contributed by atoms with E-state index in [1.54, 1.807) is 30.5 Å². The highest BCUT2D eigenvalue weighted by molar-refractivity contribution is 7.98. The molecule has 0 saturated heterocycles. The van der Waals surface area contributed by atoms with Gasteiger partial charge in [0.2, 0.25) is 0 Å². The van der Waals surface area contributed by atoms with Crippen LogP contribution < -0.4 is 4.74 Å². The molecule has 0 spiro atoms. The number of rotatable bonds is 3. The highest BCUT2D eigenvalue weighted by Crippen LogP contribution is 2.20. The summed E-state index contributed by atoms with van der Waals surface area (Å²) in [5.74, 6) is -0.264. The molecule has 4 nitrogen and oxygen atoms in total. The lowest BCUT2D eigenvalue weighted by atomic mass is 10.3. The van der Waals surface area contributed by atoms with Crippen molar-refractivity contribution >= 4 is 40.9 Å². The highest BCUT2D eigenvalue weighted by atomic mass is 35.5. The number of ether oxygens (including phenoxy) is 1. The Bertz CT molecular complexity index is 605. The largest absolute Gasteiger partial charge is 0.422 e. The van der Waals surface area contributed by atoms with Gasteiger partial charge in [0.1, 0.15) is 5.75 Å². The third kappa shape index (κ3) is 3.59. The lowest BCUT2D eigenvalue weighted by molar-refractivity contribution is 0.0727. The molecule has 0 radical (unpaired) electrons. The zero-order valence-corrected chi connectivity index (χ0v) is 12.1. The van der Waals surface area contributed by atoms with Crippen LogP contribution in [0.15, 0.2) is 35.6 Å². The quantitative estimate of drug-likeness (QED) is 0.374. The van der Waals surface area contributed by atoms with E-state index in [0.29, 0.717) is 15.9 Å². The molecule has 2 rings (SSSR count). The minimum absolute atomic E-state index is 0.0379. The summed E-state index contributed by atoms with van der Waals surface area (Å²) >= 11 is 12.9. The number of benzene rings is 1. The Morgan fingerprint density at radius 1 is 1.26 bits per heavy atom. The average molecular weight is 315 g/mol. The van der Waals surface area contributed by atoms with Gasteiger partial charge < -0.3 is 4.74 Å². The van der Waals surface area contributed by atoms with Gasteiger partial charge in [0.05, 0.1) is 11.2 Å². The number of nitrogens with zero attached hydrogens (tertiary/aromatic N) is 2. The summed E-state index contributed by atoms with van der Waals surface area (Å²) in [6, 6.07) is 6.42. The van der Waals surface area contributed by atoms with Crippen LogP contribution in [0, 0.1) is 0 Å². The van der Waals surface area contributed by atoms with E-state index in [4.69, 9.17) is 27.9 Å². The first-order valence-corrected chi connectivity index (χ1v) is 7.12. The lowest BCUT2D eigenvalue weighted by Gasteiger charge is -2.05. The van der Waals surface area contributed by atoms with Crippen LogP contribution >= 0.6 is 35.0 Å². The Morgan fingerprint density at radius 2 is 1.95 bits per heavy atom. The van der Waals surface area contributed by atoms with Crippen LogP contribution in [-0.2, 0) is 0 Å². The summed E-state index contributed by atoms with van der Waals surface area (Å²) < 4.78 is 5.15. The molecule has 2 aromatic rings. The van der Waals surface area contributed by atoms with Gasteiger partial charge in [-0.2, -0.15) is 0 Å². The Balaban J connectivity index is 2.22. The molecule has 0 aliphatic rings. The van der Waals surface area contributed by atoms with Crippen LogP contribution in [0.3, 0.4) is 0 Å². The molecule has 0 aliphatic heterocycles. The maximum absolute atomic E-state index is 11.9. The summed E-state index contributed by atoms with van der Waals surface area (Å²) in [7, 11) is 0. The highest BCUT2D eigenvalue weighted by Gasteiger charge is 2.16. The molecule has 0 aliphatic carbocycles. The second-order valence-corrected chi connectivity index (χ2v) is 5.01. The predicted molar refractivity (Wildman–Crippen MR) is 75.2 cm³/mol. The Kier molecular flexibility index (Phi) is 4.63.